The molecular weight excluding hydrogens is 195 g/mol. The van der Waals surface area contributed by atoms with Crippen molar-refractivity contribution in [3.8, 4) is 0 Å². The van der Waals surface area contributed by atoms with E-state index in [1.165, 1.54) is 0 Å². The van der Waals surface area contributed by atoms with Crippen LogP contribution in [0.2, 0.25) is 0 Å². The number of rotatable bonds is 1. The van der Waals surface area contributed by atoms with Gasteiger partial charge in [0, 0.05) is 0 Å². The summed E-state index contributed by atoms with van der Waals surface area (Å²) >= 11 is -2.43. The second-order valence-electron chi connectivity index (χ2n) is 2.08. The molecule has 0 bridgehead atoms. The second kappa shape index (κ2) is 3.17. The second-order valence-corrected chi connectivity index (χ2v) is 4.18. The van der Waals surface area contributed by atoms with E-state index in [1.54, 1.807) is 12.1 Å². The summed E-state index contributed by atoms with van der Waals surface area (Å²) in [6, 6.07) is 7.25. The zero-order valence-electron chi connectivity index (χ0n) is 5.61. The van der Waals surface area contributed by atoms with Crippen LogP contribution in [0.4, 0.5) is 0 Å². The van der Waals surface area contributed by atoms with Gasteiger partial charge in [-0.05, 0) is 0 Å². The van der Waals surface area contributed by atoms with Gasteiger partial charge in [0.2, 0.25) is 0 Å². The first kappa shape index (κ1) is 7.76. The predicted octanol–water partition coefficient (Wildman–Crippen LogP) is -0.325. The molecule has 0 aliphatic carbocycles. The Bertz CT molecular complexity index is 205. The monoisotopic (exact) mass is 205 g/mol. The van der Waals surface area contributed by atoms with Crippen molar-refractivity contribution >= 4 is 19.0 Å². The van der Waals surface area contributed by atoms with Crippen molar-refractivity contribution < 1.29 is 8.38 Å². The standard InChI is InChI=1S/C7H9O2Se/c1-6-2-4-7(5-3-6)10(8)9/h2-5,8-9H,1H3/q+1. The summed E-state index contributed by atoms with van der Waals surface area (Å²) in [6.07, 6.45) is 0. The van der Waals surface area contributed by atoms with E-state index in [2.05, 4.69) is 0 Å². The van der Waals surface area contributed by atoms with E-state index in [1.807, 2.05) is 19.1 Å². The Labute approximate surface area is 64.7 Å². The third-order valence-electron chi connectivity index (χ3n) is 1.23. The van der Waals surface area contributed by atoms with Crippen LogP contribution >= 0.6 is 0 Å². The normalized spacial score (nSPS) is 10.4. The molecule has 0 aromatic heterocycles. The van der Waals surface area contributed by atoms with Gasteiger partial charge in [0.25, 0.3) is 0 Å². The summed E-state index contributed by atoms with van der Waals surface area (Å²) in [6.45, 7) is 1.97. The number of aryl methyl sites for hydroxylation is 1. The fraction of sp³-hybridized carbons (Fsp3) is 0.143. The summed E-state index contributed by atoms with van der Waals surface area (Å²) in [5.74, 6) is 0. The van der Waals surface area contributed by atoms with Crippen LogP contribution in [0.3, 0.4) is 0 Å². The van der Waals surface area contributed by atoms with Gasteiger partial charge in [-0.25, -0.2) is 0 Å². The molecule has 0 atom stereocenters. The molecule has 1 rings (SSSR count). The fourth-order valence-electron chi connectivity index (χ4n) is 0.660. The summed E-state index contributed by atoms with van der Waals surface area (Å²) in [5, 5.41) is 0. The van der Waals surface area contributed by atoms with Crippen LogP contribution in [0.5, 0.6) is 0 Å². The van der Waals surface area contributed by atoms with E-state index >= 15 is 0 Å². The first-order valence-corrected chi connectivity index (χ1v) is 5.28. The van der Waals surface area contributed by atoms with Crippen LogP contribution in [-0.2, 0) is 0 Å². The number of hydrogen-bond donors (Lipinski definition) is 2. The summed E-state index contributed by atoms with van der Waals surface area (Å²) < 4.78 is 18.2. The maximum absolute atomic E-state index is 8.80. The molecule has 0 saturated carbocycles. The minimum atomic E-state index is -2.43. The Morgan fingerprint density at radius 2 is 1.60 bits per heavy atom. The van der Waals surface area contributed by atoms with Crippen LogP contribution in [-0.4, -0.2) is 22.9 Å². The van der Waals surface area contributed by atoms with Crippen molar-refractivity contribution in [3.63, 3.8) is 0 Å². The van der Waals surface area contributed by atoms with Gasteiger partial charge in [-0.15, -0.1) is 0 Å². The van der Waals surface area contributed by atoms with Crippen molar-refractivity contribution in [2.75, 3.05) is 0 Å². The molecule has 0 fully saturated rings. The molecule has 0 aliphatic heterocycles. The maximum atomic E-state index is 8.80. The van der Waals surface area contributed by atoms with Crippen molar-refractivity contribution in [3.05, 3.63) is 29.8 Å². The molecule has 0 amide bonds. The molecule has 0 saturated heterocycles. The van der Waals surface area contributed by atoms with Crippen LogP contribution < -0.4 is 4.46 Å². The van der Waals surface area contributed by atoms with Crippen molar-refractivity contribution in [2.45, 2.75) is 6.92 Å². The Morgan fingerprint density at radius 1 is 1.10 bits per heavy atom. The summed E-state index contributed by atoms with van der Waals surface area (Å²) in [4.78, 5) is 0. The first-order valence-electron chi connectivity index (χ1n) is 2.89. The molecular formula is C7H9O2Se+. The fourth-order valence-corrected chi connectivity index (χ4v) is 1.46. The molecule has 0 spiro atoms. The average Bonchev–Trinajstić information content (AvgIpc) is 1.88. The van der Waals surface area contributed by atoms with Gasteiger partial charge in [0.1, 0.15) is 0 Å². The van der Waals surface area contributed by atoms with Crippen LogP contribution in [0, 0.1) is 6.92 Å². The van der Waals surface area contributed by atoms with Crippen molar-refractivity contribution in [2.24, 2.45) is 0 Å². The third kappa shape index (κ3) is 1.82. The topological polar surface area (TPSA) is 40.5 Å². The molecule has 1 aromatic rings. The van der Waals surface area contributed by atoms with E-state index in [9.17, 15) is 0 Å². The molecule has 0 unspecified atom stereocenters. The zero-order valence-corrected chi connectivity index (χ0v) is 7.33. The minimum absolute atomic E-state index is 0.658. The predicted molar refractivity (Wildman–Crippen MR) is 41.0 cm³/mol. The summed E-state index contributed by atoms with van der Waals surface area (Å²) in [7, 11) is 0. The van der Waals surface area contributed by atoms with Gasteiger partial charge in [-0.2, -0.15) is 0 Å². The first-order chi connectivity index (χ1) is 4.70. The number of benzene rings is 1. The molecule has 54 valence electrons. The quantitative estimate of drug-likeness (QED) is 0.615. The Balaban J connectivity index is 2.89. The van der Waals surface area contributed by atoms with Crippen LogP contribution in [0.15, 0.2) is 24.3 Å². The molecule has 1 aromatic carbocycles. The van der Waals surface area contributed by atoms with Crippen LogP contribution in [0.25, 0.3) is 0 Å². The molecule has 10 heavy (non-hydrogen) atoms. The van der Waals surface area contributed by atoms with Crippen molar-refractivity contribution in [1.82, 2.24) is 0 Å². The van der Waals surface area contributed by atoms with Gasteiger partial charge >= 0.3 is 64.2 Å². The molecule has 3 heteroatoms. The zero-order chi connectivity index (χ0) is 7.56. The van der Waals surface area contributed by atoms with Crippen LogP contribution in [0.1, 0.15) is 5.56 Å². The Kier molecular flexibility index (Phi) is 2.46. The van der Waals surface area contributed by atoms with E-state index in [0.717, 1.165) is 5.56 Å². The summed E-state index contributed by atoms with van der Waals surface area (Å²) in [5.41, 5.74) is 1.14. The van der Waals surface area contributed by atoms with E-state index in [0.29, 0.717) is 4.46 Å². The van der Waals surface area contributed by atoms with Gasteiger partial charge in [-0.1, -0.05) is 0 Å². The van der Waals surface area contributed by atoms with Crippen molar-refractivity contribution in [1.29, 1.82) is 0 Å². The van der Waals surface area contributed by atoms with Gasteiger partial charge in [0.15, 0.2) is 0 Å². The van der Waals surface area contributed by atoms with Gasteiger partial charge in [0.05, 0.1) is 0 Å². The molecule has 2 nitrogen and oxygen atoms in total. The average molecular weight is 204 g/mol. The SMILES string of the molecule is Cc1ccc([Se+](O)O)cc1. The van der Waals surface area contributed by atoms with Gasteiger partial charge < -0.3 is 0 Å². The molecule has 0 aliphatic rings. The van der Waals surface area contributed by atoms with E-state index in [4.69, 9.17) is 8.38 Å². The van der Waals surface area contributed by atoms with E-state index < -0.39 is 14.6 Å². The Morgan fingerprint density at radius 3 is 2.00 bits per heavy atom. The third-order valence-corrected chi connectivity index (χ3v) is 2.69. The molecule has 0 radical (unpaired) electrons. The van der Waals surface area contributed by atoms with Gasteiger partial charge in [-0.3, -0.25) is 0 Å². The molecule has 0 heterocycles. The molecule has 2 N–H and O–H groups in total. The van der Waals surface area contributed by atoms with E-state index in [-0.39, 0.29) is 0 Å². The number of hydrogen-bond acceptors (Lipinski definition) is 2. The Hall–Kier alpha value is -0.341.